The van der Waals surface area contributed by atoms with Gasteiger partial charge in [-0.25, -0.2) is 0 Å². The number of piperidine rings is 1. The molecule has 0 aromatic carbocycles. The monoisotopic (exact) mass is 149 g/mol. The van der Waals surface area contributed by atoms with E-state index in [1.807, 2.05) is 0 Å². The molecule has 0 aromatic rings. The molecule has 0 bridgehead atoms. The Balaban J connectivity index is 1.98. The molecular formula is C6H9Al2N. The summed E-state index contributed by atoms with van der Waals surface area (Å²) in [5, 5.41) is 1.16. The molecule has 2 rings (SSSR count). The Hall–Kier alpha value is 1.02. The summed E-state index contributed by atoms with van der Waals surface area (Å²) >= 11 is 5.80. The van der Waals surface area contributed by atoms with E-state index in [-0.39, 0.29) is 0 Å². The van der Waals surface area contributed by atoms with E-state index >= 15 is 0 Å². The molecule has 1 aliphatic carbocycles. The third kappa shape index (κ3) is 1.01. The molecule has 2 aliphatic rings. The zero-order valence-electron chi connectivity index (χ0n) is 5.51. The molecule has 1 heterocycles. The van der Waals surface area contributed by atoms with Crippen molar-refractivity contribution in [2.45, 2.75) is 10.7 Å². The van der Waals surface area contributed by atoms with Crippen molar-refractivity contribution in [2.75, 3.05) is 18.5 Å². The maximum absolute atomic E-state index is 3.01. The maximum Gasteiger partial charge on any atom is 0.143 e. The van der Waals surface area contributed by atoms with Gasteiger partial charge in [-0.1, -0.05) is 16.1 Å². The zero-order chi connectivity index (χ0) is 6.48. The highest BCUT2D eigenvalue weighted by molar-refractivity contribution is 6.18. The Kier molecular flexibility index (Phi) is 1.50. The molecule has 0 amide bonds. The van der Waals surface area contributed by atoms with Crippen LogP contribution in [0.25, 0.3) is 0 Å². The van der Waals surface area contributed by atoms with Gasteiger partial charge in [0.25, 0.3) is 0 Å². The highest BCUT2D eigenvalue weighted by Crippen LogP contribution is 2.61. The number of nitrogens with zero attached hydrogens (tertiary/aromatic N) is 1. The van der Waals surface area contributed by atoms with Crippen molar-refractivity contribution in [1.82, 2.24) is 4.90 Å². The summed E-state index contributed by atoms with van der Waals surface area (Å²) in [5.74, 6) is 1.02. The first-order valence-corrected chi connectivity index (χ1v) is 4.85. The largest absolute Gasteiger partial charge is 0.319 e. The lowest BCUT2D eigenvalue weighted by Crippen LogP contribution is -2.24. The standard InChI is InChI=1S/C6H9N.2Al/c1-7-3-5-2-6(5)4-7;;/h5H,1-4H2;;. The molecule has 9 heavy (non-hydrogen) atoms. The van der Waals surface area contributed by atoms with Gasteiger partial charge in [-0.05, 0) is 19.0 Å². The maximum atomic E-state index is 3.01. The van der Waals surface area contributed by atoms with Crippen molar-refractivity contribution in [3.63, 3.8) is 0 Å². The number of hydrogen-bond donors (Lipinski definition) is 0. The molecular weight excluding hydrogens is 140 g/mol. The van der Waals surface area contributed by atoms with Crippen LogP contribution in [-0.4, -0.2) is 56.0 Å². The Labute approximate surface area is 72.6 Å². The van der Waals surface area contributed by atoms with E-state index in [4.69, 9.17) is 0 Å². The molecule has 2 fully saturated rings. The van der Waals surface area contributed by atoms with Crippen molar-refractivity contribution in [3.05, 3.63) is 0 Å². The lowest BCUT2D eigenvalue weighted by Gasteiger charge is -2.17. The van der Waals surface area contributed by atoms with Gasteiger partial charge in [-0.2, -0.15) is 0 Å². The van der Waals surface area contributed by atoms with Crippen LogP contribution < -0.4 is 0 Å². The van der Waals surface area contributed by atoms with Gasteiger partial charge in [0.2, 0.25) is 0 Å². The number of fused-ring (bicyclic) bond motifs is 1. The highest BCUT2D eigenvalue weighted by atomic mass is 27.1. The van der Waals surface area contributed by atoms with Gasteiger partial charge in [0.1, 0.15) is 32.6 Å². The minimum absolute atomic E-state index is 0.663. The molecule has 0 spiro atoms. The molecule has 1 aliphatic heterocycles. The van der Waals surface area contributed by atoms with E-state index in [2.05, 4.69) is 37.5 Å². The number of hydrogen-bond acceptors (Lipinski definition) is 1. The summed E-state index contributed by atoms with van der Waals surface area (Å²) in [6.45, 7) is 2.65. The van der Waals surface area contributed by atoms with Crippen LogP contribution in [-0.2, 0) is 0 Å². The average molecular weight is 149 g/mol. The fourth-order valence-electron chi connectivity index (χ4n) is 1.77. The summed E-state index contributed by atoms with van der Waals surface area (Å²) in [7, 11) is 0. The quantitative estimate of drug-likeness (QED) is 0.466. The van der Waals surface area contributed by atoms with Crippen LogP contribution >= 0.6 is 0 Å². The predicted octanol–water partition coefficient (Wildman–Crippen LogP) is -0.225. The lowest BCUT2D eigenvalue weighted by atomic mass is 10.4. The SMILES string of the molecule is [Al][CH2]N1CC2C[C]2([Al])C1. The summed E-state index contributed by atoms with van der Waals surface area (Å²) < 4.78 is 0.663. The number of rotatable bonds is 1. The predicted molar refractivity (Wildman–Crippen MR) is 38.7 cm³/mol. The molecule has 2 unspecified atom stereocenters. The first kappa shape index (κ1) is 6.72. The van der Waals surface area contributed by atoms with Crippen LogP contribution in [0.5, 0.6) is 0 Å². The van der Waals surface area contributed by atoms with Crippen LogP contribution in [0.1, 0.15) is 6.42 Å². The molecule has 3 heteroatoms. The van der Waals surface area contributed by atoms with E-state index in [0.717, 1.165) is 11.3 Å². The van der Waals surface area contributed by atoms with E-state index in [1.165, 1.54) is 19.5 Å². The highest BCUT2D eigenvalue weighted by Gasteiger charge is 2.53. The molecule has 1 saturated heterocycles. The topological polar surface area (TPSA) is 3.24 Å². The second-order valence-corrected chi connectivity index (χ2v) is 4.84. The third-order valence-corrected chi connectivity index (χ3v) is 3.94. The van der Waals surface area contributed by atoms with E-state index in [1.54, 1.807) is 0 Å². The van der Waals surface area contributed by atoms with Crippen LogP contribution in [0.3, 0.4) is 0 Å². The summed E-state index contributed by atoms with van der Waals surface area (Å²) in [4.78, 5) is 2.51. The van der Waals surface area contributed by atoms with E-state index < -0.39 is 0 Å². The average Bonchev–Trinajstić information content (AvgIpc) is 2.33. The van der Waals surface area contributed by atoms with Crippen molar-refractivity contribution in [3.8, 4) is 0 Å². The Bertz CT molecular complexity index is 139. The molecule has 1 saturated carbocycles. The first-order chi connectivity index (χ1) is 4.24. The lowest BCUT2D eigenvalue weighted by molar-refractivity contribution is 0.356. The third-order valence-electron chi connectivity index (χ3n) is 2.53. The summed E-state index contributed by atoms with van der Waals surface area (Å²) in [6.07, 6.45) is 1.46. The molecule has 2 atom stereocenters. The first-order valence-electron chi connectivity index (χ1n) is 3.46. The van der Waals surface area contributed by atoms with Gasteiger partial charge in [-0.15, -0.1) is 0 Å². The molecule has 4 radical (unpaired) electrons. The van der Waals surface area contributed by atoms with Crippen LogP contribution in [0.15, 0.2) is 0 Å². The van der Waals surface area contributed by atoms with Gasteiger partial charge in [0.15, 0.2) is 0 Å². The second-order valence-electron chi connectivity index (χ2n) is 3.33. The van der Waals surface area contributed by atoms with Crippen molar-refractivity contribution >= 4 is 32.6 Å². The van der Waals surface area contributed by atoms with Crippen molar-refractivity contribution in [1.29, 1.82) is 0 Å². The fourth-order valence-corrected chi connectivity index (χ4v) is 2.70. The van der Waals surface area contributed by atoms with Crippen LogP contribution in [0.4, 0.5) is 0 Å². The minimum atomic E-state index is 0.663. The molecule has 0 aromatic heterocycles. The van der Waals surface area contributed by atoms with Gasteiger partial charge in [0, 0.05) is 0 Å². The van der Waals surface area contributed by atoms with Gasteiger partial charge < -0.3 is 4.90 Å². The molecule has 1 nitrogen and oxygen atoms in total. The van der Waals surface area contributed by atoms with Crippen LogP contribution in [0, 0.1) is 5.92 Å². The van der Waals surface area contributed by atoms with E-state index in [0.29, 0.717) is 4.28 Å². The zero-order valence-corrected chi connectivity index (χ0v) is 7.82. The van der Waals surface area contributed by atoms with Gasteiger partial charge in [-0.3, -0.25) is 0 Å². The van der Waals surface area contributed by atoms with Crippen molar-refractivity contribution < 1.29 is 0 Å². The smallest absolute Gasteiger partial charge is 0.143 e. The Morgan fingerprint density at radius 3 is 2.78 bits per heavy atom. The minimum Gasteiger partial charge on any atom is -0.319 e. The summed E-state index contributed by atoms with van der Waals surface area (Å²) in [6, 6.07) is 0. The number of likely N-dealkylation sites (tertiary alicyclic amines) is 1. The fraction of sp³-hybridized carbons (Fsp3) is 1.00. The second kappa shape index (κ2) is 2.01. The van der Waals surface area contributed by atoms with Crippen molar-refractivity contribution in [2.24, 2.45) is 5.92 Å². The molecule has 0 N–H and O–H groups in total. The summed E-state index contributed by atoms with van der Waals surface area (Å²) in [5.41, 5.74) is 0. The Morgan fingerprint density at radius 1 is 1.67 bits per heavy atom. The van der Waals surface area contributed by atoms with Crippen LogP contribution in [0.2, 0.25) is 4.28 Å². The molecule has 44 valence electrons. The Morgan fingerprint density at radius 2 is 2.44 bits per heavy atom. The normalized spacial score (nSPS) is 49.1. The van der Waals surface area contributed by atoms with Gasteiger partial charge in [0.05, 0.1) is 0 Å². The van der Waals surface area contributed by atoms with Gasteiger partial charge >= 0.3 is 0 Å². The van der Waals surface area contributed by atoms with E-state index in [9.17, 15) is 0 Å².